The second kappa shape index (κ2) is 9.67. The van der Waals surface area contributed by atoms with Crippen molar-refractivity contribution >= 4 is 17.5 Å². The highest BCUT2D eigenvalue weighted by atomic mass is 35.5. The molecule has 0 atom stereocenters. The normalized spacial score (nSPS) is 11.3. The van der Waals surface area contributed by atoms with Gasteiger partial charge in [-0.05, 0) is 56.2 Å². The maximum Gasteiger partial charge on any atom is 0.406 e. The van der Waals surface area contributed by atoms with Crippen molar-refractivity contribution in [2.45, 2.75) is 39.9 Å². The highest BCUT2D eigenvalue weighted by molar-refractivity contribution is 6.31. The minimum atomic E-state index is -4.55. The smallest absolute Gasteiger partial charge is 0.329 e. The second-order valence-electron chi connectivity index (χ2n) is 7.85. The van der Waals surface area contributed by atoms with E-state index in [1.807, 2.05) is 25.1 Å². The number of hydrogen-bond acceptors (Lipinski definition) is 3. The quantitative estimate of drug-likeness (QED) is 0.477. The molecule has 0 aliphatic rings. The highest BCUT2D eigenvalue weighted by Crippen LogP contribution is 2.25. The van der Waals surface area contributed by atoms with Gasteiger partial charge in [0.15, 0.2) is 0 Å². The number of amides is 1. The van der Waals surface area contributed by atoms with Crippen LogP contribution in [0.15, 0.2) is 42.5 Å². The molecule has 3 rings (SSSR count). The molecular weight excluding hydrogens is 453 g/mol. The van der Waals surface area contributed by atoms with Crippen molar-refractivity contribution < 1.29 is 18.0 Å². The summed E-state index contributed by atoms with van der Waals surface area (Å²) < 4.78 is 41.3. The van der Waals surface area contributed by atoms with E-state index >= 15 is 0 Å². The summed E-state index contributed by atoms with van der Waals surface area (Å²) in [6.45, 7) is 3.78. The number of carbonyl (C=O) groups is 1. The van der Waals surface area contributed by atoms with Gasteiger partial charge >= 0.3 is 6.18 Å². The number of carbonyl (C=O) groups excluding carboxylic acids is 1. The lowest BCUT2D eigenvalue weighted by Crippen LogP contribution is -2.39. The summed E-state index contributed by atoms with van der Waals surface area (Å²) >= 11 is 6.22. The lowest BCUT2D eigenvalue weighted by Gasteiger charge is -2.24. The molecule has 0 spiro atoms. The minimum Gasteiger partial charge on any atom is -0.329 e. The van der Waals surface area contributed by atoms with E-state index in [0.717, 1.165) is 10.5 Å². The summed E-state index contributed by atoms with van der Waals surface area (Å²) in [6, 6.07) is 13.5. The Morgan fingerprint density at radius 3 is 2.39 bits per heavy atom. The van der Waals surface area contributed by atoms with Crippen LogP contribution in [0.4, 0.5) is 13.2 Å². The monoisotopic (exact) mass is 474 g/mol. The van der Waals surface area contributed by atoms with E-state index in [9.17, 15) is 18.0 Å². The van der Waals surface area contributed by atoms with Gasteiger partial charge in [-0.15, -0.1) is 0 Å². The van der Waals surface area contributed by atoms with E-state index in [-0.39, 0.29) is 13.0 Å². The summed E-state index contributed by atoms with van der Waals surface area (Å²) in [6.07, 6.45) is -4.77. The van der Waals surface area contributed by atoms with Crippen LogP contribution in [0.1, 0.15) is 33.6 Å². The summed E-state index contributed by atoms with van der Waals surface area (Å²) in [4.78, 5) is 13.8. The topological polar surface area (TPSA) is 61.9 Å². The molecule has 0 fully saturated rings. The van der Waals surface area contributed by atoms with Crippen molar-refractivity contribution in [3.05, 3.63) is 81.1 Å². The second-order valence-corrected chi connectivity index (χ2v) is 8.25. The molecule has 1 heterocycles. The number of nitriles is 1. The minimum absolute atomic E-state index is 0.218. The molecule has 0 unspecified atom stereocenters. The fourth-order valence-corrected chi connectivity index (χ4v) is 3.69. The number of halogens is 4. The van der Waals surface area contributed by atoms with Gasteiger partial charge in [-0.1, -0.05) is 29.8 Å². The molecule has 1 amide bonds. The Kier molecular flexibility index (Phi) is 7.13. The Labute approximate surface area is 195 Å². The molecule has 0 radical (unpaired) electrons. The Morgan fingerprint density at radius 1 is 1.15 bits per heavy atom. The largest absolute Gasteiger partial charge is 0.406 e. The first-order valence-corrected chi connectivity index (χ1v) is 10.5. The molecule has 33 heavy (non-hydrogen) atoms. The molecule has 0 saturated carbocycles. The molecular formula is C24H22ClF3N4O. The SMILES string of the molecule is Cc1ccc(-n2nc(C)c(CC(=O)N(Cc3ccc(C#N)cc3)CC(F)(F)F)c2C)cc1Cl. The van der Waals surface area contributed by atoms with Crippen molar-refractivity contribution in [2.24, 2.45) is 0 Å². The van der Waals surface area contributed by atoms with E-state index < -0.39 is 18.6 Å². The van der Waals surface area contributed by atoms with Crippen LogP contribution < -0.4 is 0 Å². The zero-order valence-corrected chi connectivity index (χ0v) is 19.1. The predicted octanol–water partition coefficient (Wildman–Crippen LogP) is 5.46. The maximum atomic E-state index is 13.2. The fraction of sp³-hybridized carbons (Fsp3) is 0.292. The van der Waals surface area contributed by atoms with Gasteiger partial charge in [-0.3, -0.25) is 4.79 Å². The van der Waals surface area contributed by atoms with Crippen molar-refractivity contribution in [1.82, 2.24) is 14.7 Å². The average molecular weight is 475 g/mol. The van der Waals surface area contributed by atoms with Crippen molar-refractivity contribution in [2.75, 3.05) is 6.54 Å². The number of alkyl halides is 3. The van der Waals surface area contributed by atoms with Crippen LogP contribution in [-0.4, -0.2) is 33.3 Å². The van der Waals surface area contributed by atoms with E-state index in [2.05, 4.69) is 5.10 Å². The van der Waals surface area contributed by atoms with Crippen molar-refractivity contribution in [3.8, 4) is 11.8 Å². The zero-order valence-electron chi connectivity index (χ0n) is 18.4. The van der Waals surface area contributed by atoms with Gasteiger partial charge in [0.25, 0.3) is 0 Å². The van der Waals surface area contributed by atoms with Crippen LogP contribution in [0.25, 0.3) is 5.69 Å². The summed E-state index contributed by atoms with van der Waals surface area (Å²) in [7, 11) is 0. The van der Waals surface area contributed by atoms with E-state index in [0.29, 0.717) is 38.8 Å². The molecule has 5 nitrogen and oxygen atoms in total. The third-order valence-corrected chi connectivity index (χ3v) is 5.76. The lowest BCUT2D eigenvalue weighted by atomic mass is 10.1. The molecule has 1 aromatic heterocycles. The summed E-state index contributed by atoms with van der Waals surface area (Å²) in [5, 5.41) is 13.9. The van der Waals surface area contributed by atoms with Gasteiger partial charge in [0.2, 0.25) is 5.91 Å². The van der Waals surface area contributed by atoms with Crippen molar-refractivity contribution in [3.63, 3.8) is 0 Å². The molecule has 2 aromatic carbocycles. The molecule has 0 N–H and O–H groups in total. The molecule has 172 valence electrons. The first-order valence-electron chi connectivity index (χ1n) is 10.1. The molecule has 0 saturated heterocycles. The molecule has 9 heteroatoms. The molecule has 0 aliphatic carbocycles. The molecule has 0 aliphatic heterocycles. The first kappa shape index (κ1) is 24.3. The van der Waals surface area contributed by atoms with Crippen molar-refractivity contribution in [1.29, 1.82) is 5.26 Å². The number of nitrogens with zero attached hydrogens (tertiary/aromatic N) is 4. The van der Waals surface area contributed by atoms with Gasteiger partial charge in [0, 0.05) is 22.8 Å². The maximum absolute atomic E-state index is 13.2. The Hall–Kier alpha value is -3.31. The first-order chi connectivity index (χ1) is 15.5. The van der Waals surface area contributed by atoms with E-state index in [4.69, 9.17) is 16.9 Å². The van der Waals surface area contributed by atoms with E-state index in [1.54, 1.807) is 36.7 Å². The number of rotatable bonds is 6. The highest BCUT2D eigenvalue weighted by Gasteiger charge is 2.33. The van der Waals surface area contributed by atoms with Gasteiger partial charge < -0.3 is 4.90 Å². The van der Waals surface area contributed by atoms with Crippen LogP contribution in [-0.2, 0) is 17.8 Å². The van der Waals surface area contributed by atoms with Gasteiger partial charge in [0.05, 0.1) is 29.4 Å². The van der Waals surface area contributed by atoms with Gasteiger partial charge in [0.1, 0.15) is 6.54 Å². The van der Waals surface area contributed by atoms with Crippen LogP contribution in [0.3, 0.4) is 0 Å². The van der Waals surface area contributed by atoms with E-state index in [1.165, 1.54) is 12.1 Å². The third-order valence-electron chi connectivity index (χ3n) is 5.35. The number of hydrogen-bond donors (Lipinski definition) is 0. The fourth-order valence-electron chi connectivity index (χ4n) is 3.51. The zero-order chi connectivity index (χ0) is 24.3. The average Bonchev–Trinajstić information content (AvgIpc) is 3.03. The standard InChI is InChI=1S/C24H22ClF3N4O/c1-15-4-9-20(10-22(15)25)32-17(3)21(16(2)30-32)11-23(33)31(14-24(26,27)28)13-19-7-5-18(12-29)6-8-19/h4-10H,11,13-14H2,1-3H3. The third kappa shape index (κ3) is 5.93. The Morgan fingerprint density at radius 2 is 1.82 bits per heavy atom. The summed E-state index contributed by atoms with van der Waals surface area (Å²) in [5.74, 6) is -0.663. The number of aromatic nitrogens is 2. The van der Waals surface area contributed by atoms with Crippen LogP contribution in [0, 0.1) is 32.1 Å². The molecule has 0 bridgehead atoms. The Bertz CT molecular complexity index is 1210. The molecule has 3 aromatic rings. The van der Waals surface area contributed by atoms with Gasteiger partial charge in [-0.2, -0.15) is 23.5 Å². The lowest BCUT2D eigenvalue weighted by molar-refractivity contribution is -0.162. The summed E-state index contributed by atoms with van der Waals surface area (Å²) in [5.41, 5.74) is 4.29. The number of aryl methyl sites for hydroxylation is 2. The van der Waals surface area contributed by atoms with Crippen LogP contribution in [0.2, 0.25) is 5.02 Å². The Balaban J connectivity index is 1.87. The number of benzene rings is 2. The van der Waals surface area contributed by atoms with Crippen LogP contribution >= 0.6 is 11.6 Å². The predicted molar refractivity (Wildman–Crippen MR) is 119 cm³/mol. The van der Waals surface area contributed by atoms with Gasteiger partial charge in [-0.25, -0.2) is 4.68 Å². The van der Waals surface area contributed by atoms with Crippen LogP contribution in [0.5, 0.6) is 0 Å².